The van der Waals surface area contributed by atoms with Crippen molar-refractivity contribution in [3.05, 3.63) is 101 Å². The van der Waals surface area contributed by atoms with Gasteiger partial charge >= 0.3 is 0 Å². The maximum Gasteiger partial charge on any atom is 0.169 e. The highest BCUT2D eigenvalue weighted by molar-refractivity contribution is 5.87. The molecule has 0 atom stereocenters. The van der Waals surface area contributed by atoms with Gasteiger partial charge in [-0.3, -0.25) is 0 Å². The molecule has 3 heterocycles. The van der Waals surface area contributed by atoms with E-state index in [1.807, 2.05) is 42.5 Å². The largest absolute Gasteiger partial charge is 0.496 e. The summed E-state index contributed by atoms with van der Waals surface area (Å²) < 4.78 is 23.4. The Hall–Kier alpha value is -4.18. The van der Waals surface area contributed by atoms with E-state index in [9.17, 15) is 0 Å². The first-order chi connectivity index (χ1) is 17.2. The maximum atomic E-state index is 6.20. The van der Waals surface area contributed by atoms with Crippen molar-refractivity contribution in [2.45, 2.75) is 12.8 Å². The molecule has 4 nitrogen and oxygen atoms in total. The quantitative estimate of drug-likeness (QED) is 0.316. The highest BCUT2D eigenvalue weighted by Gasteiger charge is 2.16. The van der Waals surface area contributed by atoms with Crippen LogP contribution in [0.15, 0.2) is 78.9 Å². The van der Waals surface area contributed by atoms with E-state index in [0.29, 0.717) is 11.5 Å². The molecule has 4 aromatic rings. The van der Waals surface area contributed by atoms with Crippen LogP contribution < -0.4 is 18.9 Å². The predicted molar refractivity (Wildman–Crippen MR) is 141 cm³/mol. The summed E-state index contributed by atoms with van der Waals surface area (Å²) in [7, 11) is 5.07. The minimum absolute atomic E-state index is 0.672. The Morgan fingerprint density at radius 2 is 1.37 bits per heavy atom. The van der Waals surface area contributed by atoms with Crippen molar-refractivity contribution in [3.63, 3.8) is 0 Å². The zero-order chi connectivity index (χ0) is 24.2. The Bertz CT molecular complexity index is 1370. The van der Waals surface area contributed by atoms with E-state index in [1.54, 1.807) is 21.3 Å². The second-order valence-corrected chi connectivity index (χ2v) is 8.45. The second kappa shape index (κ2) is 9.98. The Morgan fingerprint density at radius 1 is 0.629 bits per heavy atom. The number of methoxy groups -OCH3 is 3. The Morgan fingerprint density at radius 3 is 2.14 bits per heavy atom. The van der Waals surface area contributed by atoms with Gasteiger partial charge in [-0.05, 0) is 71.5 Å². The molecule has 0 amide bonds. The molecule has 0 aliphatic carbocycles. The predicted octanol–water partition coefficient (Wildman–Crippen LogP) is 7.44. The summed E-state index contributed by atoms with van der Waals surface area (Å²) in [4.78, 5) is 0. The third-order valence-electron chi connectivity index (χ3n) is 6.31. The zero-order valence-corrected chi connectivity index (χ0v) is 20.2. The van der Waals surface area contributed by atoms with Gasteiger partial charge in [0.15, 0.2) is 11.5 Å². The minimum Gasteiger partial charge on any atom is -0.496 e. The lowest BCUT2D eigenvalue weighted by Crippen LogP contribution is -1.97. The highest BCUT2D eigenvalue weighted by atomic mass is 16.5. The van der Waals surface area contributed by atoms with Crippen LogP contribution in [0, 0.1) is 0 Å². The van der Waals surface area contributed by atoms with Gasteiger partial charge in [0.05, 0.1) is 21.3 Å². The summed E-state index contributed by atoms with van der Waals surface area (Å²) in [5, 5.41) is 0. The Labute approximate surface area is 206 Å². The average Bonchev–Trinajstić information content (AvgIpc) is 2.91. The summed E-state index contributed by atoms with van der Waals surface area (Å²) in [6, 6.07) is 26.7. The molecule has 176 valence electrons. The van der Waals surface area contributed by atoms with Gasteiger partial charge < -0.3 is 18.9 Å². The maximum absolute atomic E-state index is 6.20. The lowest BCUT2D eigenvalue weighted by atomic mass is 9.94. The molecule has 0 saturated carbocycles. The van der Waals surface area contributed by atoms with Crippen LogP contribution in [-0.2, 0) is 12.8 Å². The molecule has 0 saturated heterocycles. The summed E-state index contributed by atoms with van der Waals surface area (Å²) in [5.41, 5.74) is 6.49. The first-order valence-corrected chi connectivity index (χ1v) is 11.7. The van der Waals surface area contributed by atoms with Gasteiger partial charge in [-0.25, -0.2) is 0 Å². The summed E-state index contributed by atoms with van der Waals surface area (Å²) in [6.45, 7) is 0. The van der Waals surface area contributed by atoms with E-state index < -0.39 is 0 Å². The lowest BCUT2D eigenvalue weighted by molar-refractivity contribution is 0.379. The molecular weight excluding hydrogens is 436 g/mol. The number of rotatable bonds is 3. The van der Waals surface area contributed by atoms with Gasteiger partial charge in [0.2, 0.25) is 0 Å². The van der Waals surface area contributed by atoms with Crippen molar-refractivity contribution in [2.75, 3.05) is 21.3 Å². The number of aryl methyl sites for hydroxylation is 2. The third-order valence-corrected chi connectivity index (χ3v) is 6.31. The van der Waals surface area contributed by atoms with Crippen molar-refractivity contribution in [3.8, 4) is 39.9 Å². The number of ether oxygens (including phenoxy) is 4. The van der Waals surface area contributed by atoms with Crippen LogP contribution in [0.1, 0.15) is 22.3 Å². The molecule has 0 N–H and O–H groups in total. The van der Waals surface area contributed by atoms with Gasteiger partial charge in [0.1, 0.15) is 17.2 Å². The topological polar surface area (TPSA) is 36.9 Å². The molecule has 4 heteroatoms. The Kier molecular flexibility index (Phi) is 6.44. The van der Waals surface area contributed by atoms with Gasteiger partial charge in [0.25, 0.3) is 0 Å². The number of benzene rings is 4. The smallest absolute Gasteiger partial charge is 0.169 e. The molecule has 3 aliphatic heterocycles. The molecule has 0 spiro atoms. The van der Waals surface area contributed by atoms with Crippen molar-refractivity contribution in [2.24, 2.45) is 0 Å². The fourth-order valence-electron chi connectivity index (χ4n) is 4.45. The summed E-state index contributed by atoms with van der Waals surface area (Å²) >= 11 is 0. The van der Waals surface area contributed by atoms with Gasteiger partial charge in [-0.2, -0.15) is 0 Å². The number of hydrogen-bond acceptors (Lipinski definition) is 4. The van der Waals surface area contributed by atoms with Crippen LogP contribution in [0.5, 0.6) is 28.7 Å². The standard InChI is InChI=1S/C31H28O4/c1-32-27-18-13-23-9-14-24-5-4-6-28(33-2)31(24)26-17-12-22(19-29(26)34-3)8-7-21-10-15-25(16-11-21)35-30(27)20-23/h4-6,9-20H,7-8H2,1-3H3/b14-9+. The van der Waals surface area contributed by atoms with Crippen molar-refractivity contribution in [1.29, 1.82) is 0 Å². The first kappa shape index (κ1) is 22.6. The van der Waals surface area contributed by atoms with E-state index in [-0.39, 0.29) is 0 Å². The molecular formula is C31H28O4. The molecule has 0 radical (unpaired) electrons. The lowest BCUT2D eigenvalue weighted by Gasteiger charge is -2.17. The highest BCUT2D eigenvalue weighted by Crippen LogP contribution is 2.41. The van der Waals surface area contributed by atoms with Crippen LogP contribution >= 0.6 is 0 Å². The molecule has 0 unspecified atom stereocenters. The van der Waals surface area contributed by atoms with E-state index in [4.69, 9.17) is 18.9 Å². The summed E-state index contributed by atoms with van der Waals surface area (Å²) in [5.74, 6) is 3.76. The van der Waals surface area contributed by atoms with Crippen molar-refractivity contribution in [1.82, 2.24) is 0 Å². The van der Waals surface area contributed by atoms with Crippen LogP contribution in [-0.4, -0.2) is 21.3 Å². The van der Waals surface area contributed by atoms with E-state index >= 15 is 0 Å². The Balaban J connectivity index is 1.69. The molecule has 0 fully saturated rings. The number of fused-ring (bicyclic) bond motifs is 2. The monoisotopic (exact) mass is 464 g/mol. The molecule has 0 aromatic heterocycles. The van der Waals surface area contributed by atoms with Crippen molar-refractivity contribution >= 4 is 12.2 Å². The molecule has 6 bridgehead atoms. The van der Waals surface area contributed by atoms with E-state index in [1.165, 1.54) is 11.1 Å². The van der Waals surface area contributed by atoms with Gasteiger partial charge in [-0.1, -0.05) is 54.6 Å². The van der Waals surface area contributed by atoms with Gasteiger partial charge in [-0.15, -0.1) is 0 Å². The van der Waals surface area contributed by atoms with Crippen LogP contribution in [0.4, 0.5) is 0 Å². The van der Waals surface area contributed by atoms with Crippen LogP contribution in [0.2, 0.25) is 0 Å². The van der Waals surface area contributed by atoms with E-state index in [0.717, 1.165) is 52.3 Å². The third kappa shape index (κ3) is 4.73. The molecule has 7 rings (SSSR count). The SMILES string of the molecule is COc1ccc2cc1Oc1ccc(cc1)CCc1ccc(c(OC)c1)-c1c(cccc1OC)/C=C/2. The summed E-state index contributed by atoms with van der Waals surface area (Å²) in [6.07, 6.45) is 5.99. The normalized spacial score (nSPS) is 13.2. The first-order valence-electron chi connectivity index (χ1n) is 11.7. The number of hydrogen-bond donors (Lipinski definition) is 0. The average molecular weight is 465 g/mol. The molecule has 4 aromatic carbocycles. The van der Waals surface area contributed by atoms with E-state index in [2.05, 4.69) is 48.6 Å². The molecule has 35 heavy (non-hydrogen) atoms. The van der Waals surface area contributed by atoms with Gasteiger partial charge in [0, 0.05) is 11.1 Å². The van der Waals surface area contributed by atoms with Crippen molar-refractivity contribution < 1.29 is 18.9 Å². The minimum atomic E-state index is 0.672. The zero-order valence-electron chi connectivity index (χ0n) is 20.2. The molecule has 3 aliphatic rings. The second-order valence-electron chi connectivity index (χ2n) is 8.45. The van der Waals surface area contributed by atoms with Crippen LogP contribution in [0.3, 0.4) is 0 Å². The fourth-order valence-corrected chi connectivity index (χ4v) is 4.45. The van der Waals surface area contributed by atoms with Crippen LogP contribution in [0.25, 0.3) is 23.3 Å². The fraction of sp³-hybridized carbons (Fsp3) is 0.161.